The van der Waals surface area contributed by atoms with Gasteiger partial charge in [-0.15, -0.1) is 53.1 Å². The number of benzene rings is 6. The van der Waals surface area contributed by atoms with E-state index in [1.54, 1.807) is 18.2 Å². The van der Waals surface area contributed by atoms with E-state index in [1.807, 2.05) is 54.7 Å². The van der Waals surface area contributed by atoms with E-state index in [4.69, 9.17) is 21.7 Å². The minimum Gasteiger partial charge on any atom is -0.501 e. The van der Waals surface area contributed by atoms with Gasteiger partial charge >= 0.3 is 0 Å². The van der Waals surface area contributed by atoms with Gasteiger partial charge in [-0.05, 0) is 87.7 Å². The Balaban J connectivity index is 0.000000281. The Labute approximate surface area is 382 Å². The number of rotatable bonds is 7. The molecule has 0 atom stereocenters. The van der Waals surface area contributed by atoms with Gasteiger partial charge < -0.3 is 14.0 Å². The number of aryl methyl sites for hydroxylation is 3. The molecule has 0 aliphatic rings. The number of furan rings is 1. The molecule has 4 nitrogen and oxygen atoms in total. The molecule has 1 radical (unpaired) electrons. The number of hydrogen-bond acceptors (Lipinski definition) is 3. The number of hydrogen-bond donors (Lipinski definition) is 0. The molecule has 305 valence electrons. The Bertz CT molecular complexity index is 3190. The fraction of sp³-hybridized carbons (Fsp3) is 0.222. The van der Waals surface area contributed by atoms with Crippen LogP contribution in [0.25, 0.3) is 72.4 Å². The Morgan fingerprint density at radius 1 is 0.717 bits per heavy atom. The fourth-order valence-electron chi connectivity index (χ4n) is 7.61. The normalized spacial score (nSPS) is 14.5. The van der Waals surface area contributed by atoms with Gasteiger partial charge in [-0.1, -0.05) is 139 Å². The summed E-state index contributed by atoms with van der Waals surface area (Å²) in [6, 6.07) is 44.2. The Hall–Kier alpha value is -5.39. The largest absolute Gasteiger partial charge is 0.501 e. The van der Waals surface area contributed by atoms with Crippen molar-refractivity contribution in [3.63, 3.8) is 0 Å². The van der Waals surface area contributed by atoms with Crippen molar-refractivity contribution in [1.82, 2.24) is 14.5 Å². The molecule has 9 aromatic rings. The van der Waals surface area contributed by atoms with E-state index < -0.39 is 28.6 Å². The number of nitrogens with zero attached hydrogens (tertiary/aromatic N) is 3. The summed E-state index contributed by atoms with van der Waals surface area (Å²) in [7, 11) is -1.34. The standard InChI is InChI=1S/C39H35N2O.C15H18NSi.Ir/c1-23(2)31-21-28(27-12-8-7-9-13-27)22-32(24(3)4)37(31)41-34-15-11-10-14-33(34)40-39(41)30-19-17-26(6)36-29-18-16-25(5)20-35(29)42-38(30)36;1-12-5-7-13(8-6-12)15-10-9-14(11-16-15)17(2,3)4;/h7-18,20-24H,1-6H3;5-7,9-11H,1-4H3;/q2*-1;/i5D3,6D3;1D3;. The predicted octanol–water partition coefficient (Wildman–Crippen LogP) is 14.3. The van der Waals surface area contributed by atoms with Crippen LogP contribution < -0.4 is 5.19 Å². The first-order valence-electron chi connectivity index (χ1n) is 24.5. The second-order valence-electron chi connectivity index (χ2n) is 16.7. The van der Waals surface area contributed by atoms with Gasteiger partial charge in [-0.3, -0.25) is 4.98 Å². The number of imidazole rings is 1. The van der Waals surface area contributed by atoms with Crippen molar-refractivity contribution in [3.05, 3.63) is 167 Å². The minimum absolute atomic E-state index is 0. The first-order valence-corrected chi connectivity index (χ1v) is 23.5. The number of fused-ring (bicyclic) bond motifs is 4. The molecule has 0 amide bonds. The van der Waals surface area contributed by atoms with E-state index in [9.17, 15) is 0 Å². The maximum absolute atomic E-state index is 8.35. The van der Waals surface area contributed by atoms with Gasteiger partial charge in [-0.2, -0.15) is 0 Å². The van der Waals surface area contributed by atoms with Crippen LogP contribution >= 0.6 is 0 Å². The summed E-state index contributed by atoms with van der Waals surface area (Å²) in [6.07, 6.45) is 1.92. The zero-order valence-corrected chi connectivity index (χ0v) is 38.3. The van der Waals surface area contributed by atoms with Gasteiger partial charge in [0, 0.05) is 49.7 Å². The summed E-state index contributed by atoms with van der Waals surface area (Å²) >= 11 is 0. The molecule has 0 spiro atoms. The van der Waals surface area contributed by atoms with Gasteiger partial charge in [0.15, 0.2) is 0 Å². The van der Waals surface area contributed by atoms with Gasteiger partial charge in [0.1, 0.15) is 5.58 Å². The summed E-state index contributed by atoms with van der Waals surface area (Å²) in [5, 5.41) is 2.24. The third-order valence-electron chi connectivity index (χ3n) is 10.8. The van der Waals surface area contributed by atoms with E-state index in [1.165, 1.54) is 29.5 Å². The van der Waals surface area contributed by atoms with Crippen molar-refractivity contribution in [1.29, 1.82) is 0 Å². The van der Waals surface area contributed by atoms with Crippen LogP contribution in [0.1, 0.15) is 79.7 Å². The third kappa shape index (κ3) is 8.34. The van der Waals surface area contributed by atoms with Crippen molar-refractivity contribution in [2.24, 2.45) is 0 Å². The monoisotopic (exact) mass is 989 g/mol. The first-order chi connectivity index (χ1) is 31.9. The quantitative estimate of drug-likeness (QED) is 0.118. The average molecular weight is 989 g/mol. The van der Waals surface area contributed by atoms with Crippen LogP contribution in [-0.4, -0.2) is 22.6 Å². The Morgan fingerprint density at radius 2 is 1.43 bits per heavy atom. The molecule has 6 heteroatoms. The third-order valence-corrected chi connectivity index (χ3v) is 12.8. The number of para-hydroxylation sites is 2. The summed E-state index contributed by atoms with van der Waals surface area (Å²) < 4.78 is 79.5. The van der Waals surface area contributed by atoms with Crippen molar-refractivity contribution >= 4 is 46.2 Å². The summed E-state index contributed by atoms with van der Waals surface area (Å²) in [4.78, 5) is 9.62. The fourth-order valence-corrected chi connectivity index (χ4v) is 8.64. The molecule has 0 aliphatic carbocycles. The predicted molar refractivity (Wildman–Crippen MR) is 252 cm³/mol. The van der Waals surface area contributed by atoms with Crippen molar-refractivity contribution in [2.45, 2.75) is 79.7 Å². The Morgan fingerprint density at radius 3 is 2.07 bits per heavy atom. The molecule has 9 rings (SSSR count). The van der Waals surface area contributed by atoms with Crippen molar-refractivity contribution in [3.8, 4) is 39.5 Å². The zero-order chi connectivity index (χ0) is 49.1. The van der Waals surface area contributed by atoms with Crippen LogP contribution in [0.15, 0.2) is 132 Å². The van der Waals surface area contributed by atoms with Gasteiger partial charge in [0.05, 0.1) is 30.5 Å². The molecule has 3 aromatic heterocycles. The van der Waals surface area contributed by atoms with Crippen molar-refractivity contribution < 1.29 is 36.9 Å². The van der Waals surface area contributed by atoms with Crippen LogP contribution in [0.3, 0.4) is 0 Å². The van der Waals surface area contributed by atoms with E-state index in [0.29, 0.717) is 38.9 Å². The minimum atomic E-state index is -2.46. The molecule has 0 aliphatic heterocycles. The molecule has 0 saturated carbocycles. The average Bonchev–Trinajstić information content (AvgIpc) is 3.86. The molecule has 0 bridgehead atoms. The van der Waals surface area contributed by atoms with Crippen LogP contribution in [0.4, 0.5) is 0 Å². The molecular weight excluding hydrogens is 927 g/mol. The van der Waals surface area contributed by atoms with Gasteiger partial charge in [0.2, 0.25) is 0 Å². The SMILES string of the molecule is [2H]C([2H])([2H])c1c[c-]c(-c2ccc([Si](C)(C)C)cn2)cc1.[2H]C([2H])([2H])c1ccc2c(c1)oc1c(-c3nc4ccccc4n3-c3c(C(C)C)cc(-c4ccccc4)cc3C(C)C)[c-]cc(C([2H])([2H])[2H])c12.[Ir]. The topological polar surface area (TPSA) is 43.9 Å². The van der Waals surface area contributed by atoms with E-state index in [0.717, 1.165) is 50.2 Å². The van der Waals surface area contributed by atoms with E-state index >= 15 is 0 Å². The zero-order valence-electron chi connectivity index (χ0n) is 43.9. The van der Waals surface area contributed by atoms with Gasteiger partial charge in [0.25, 0.3) is 0 Å². The molecule has 3 heterocycles. The summed E-state index contributed by atoms with van der Waals surface area (Å²) in [5.74, 6) is 0.868. The van der Waals surface area contributed by atoms with Crippen LogP contribution in [0, 0.1) is 32.7 Å². The molecular formula is C54H53IrN3OSi-2. The van der Waals surface area contributed by atoms with Gasteiger partial charge in [-0.25, -0.2) is 0 Å². The molecule has 60 heavy (non-hydrogen) atoms. The maximum atomic E-state index is 8.35. The Kier molecular flexibility index (Phi) is 9.34. The van der Waals surface area contributed by atoms with Crippen LogP contribution in [0.5, 0.6) is 0 Å². The molecule has 0 unspecified atom stereocenters. The smallest absolute Gasteiger partial charge is 0.121 e. The first kappa shape index (κ1) is 32.4. The van der Waals surface area contributed by atoms with E-state index in [2.05, 4.69) is 99.4 Å². The molecule has 0 saturated heterocycles. The summed E-state index contributed by atoms with van der Waals surface area (Å²) in [6.45, 7) is 8.70. The number of pyridine rings is 1. The van der Waals surface area contributed by atoms with Crippen molar-refractivity contribution in [2.75, 3.05) is 0 Å². The van der Waals surface area contributed by atoms with Crippen LogP contribution in [0.2, 0.25) is 19.6 Å². The van der Waals surface area contributed by atoms with E-state index in [-0.39, 0.29) is 43.1 Å². The maximum Gasteiger partial charge on any atom is 0.121 e. The molecule has 0 N–H and O–H groups in total. The number of aromatic nitrogens is 3. The summed E-state index contributed by atoms with van der Waals surface area (Å²) in [5.41, 5.74) is 10.5. The second kappa shape index (κ2) is 17.3. The van der Waals surface area contributed by atoms with Crippen LogP contribution in [-0.2, 0) is 20.1 Å². The second-order valence-corrected chi connectivity index (χ2v) is 21.8. The molecule has 6 aromatic carbocycles. The molecule has 0 fully saturated rings.